The summed E-state index contributed by atoms with van der Waals surface area (Å²) in [4.78, 5) is 23.8. The largest absolute Gasteiger partial charge is 0.357 e. The minimum absolute atomic E-state index is 0.114. The van der Waals surface area contributed by atoms with Crippen molar-refractivity contribution in [1.29, 1.82) is 0 Å². The number of fused-ring (bicyclic) bond motifs is 1. The van der Waals surface area contributed by atoms with Gasteiger partial charge in [0.1, 0.15) is 5.82 Å². The minimum Gasteiger partial charge on any atom is -0.357 e. The molecule has 32 heavy (non-hydrogen) atoms. The number of carbonyl (C=O) groups is 1. The van der Waals surface area contributed by atoms with Gasteiger partial charge in [-0.1, -0.05) is 24.3 Å². The third kappa shape index (κ3) is 3.77. The Morgan fingerprint density at radius 2 is 1.84 bits per heavy atom. The van der Waals surface area contributed by atoms with Gasteiger partial charge in [0, 0.05) is 42.2 Å². The van der Waals surface area contributed by atoms with Crippen molar-refractivity contribution in [1.82, 2.24) is 19.6 Å². The molecule has 1 fully saturated rings. The van der Waals surface area contributed by atoms with E-state index in [0.29, 0.717) is 22.6 Å². The molecule has 7 nitrogen and oxygen atoms in total. The fraction of sp³-hybridized carbons (Fsp3) is 0.217. The Morgan fingerprint density at radius 3 is 2.66 bits per heavy atom. The van der Waals surface area contributed by atoms with E-state index in [4.69, 9.17) is 0 Å². The van der Waals surface area contributed by atoms with Crippen molar-refractivity contribution in [2.45, 2.75) is 19.3 Å². The molecule has 0 atom stereocenters. The second-order valence-corrected chi connectivity index (χ2v) is 7.57. The fourth-order valence-electron chi connectivity index (χ4n) is 3.90. The molecule has 162 valence electrons. The molecule has 4 heterocycles. The van der Waals surface area contributed by atoms with E-state index in [2.05, 4.69) is 25.3 Å². The van der Waals surface area contributed by atoms with Crippen LogP contribution in [0.1, 0.15) is 35.3 Å². The monoisotopic (exact) mass is 434 g/mol. The van der Waals surface area contributed by atoms with Gasteiger partial charge in [0.25, 0.3) is 12.3 Å². The van der Waals surface area contributed by atoms with Gasteiger partial charge in [-0.25, -0.2) is 23.3 Å². The molecule has 0 spiro atoms. The number of imidazole rings is 1. The van der Waals surface area contributed by atoms with Crippen molar-refractivity contribution in [2.24, 2.45) is 0 Å². The maximum atomic E-state index is 13.4. The van der Waals surface area contributed by atoms with Crippen molar-refractivity contribution < 1.29 is 13.6 Å². The molecule has 0 radical (unpaired) electrons. The van der Waals surface area contributed by atoms with E-state index < -0.39 is 12.3 Å². The molecule has 0 bridgehead atoms. The molecule has 1 N–H and O–H groups in total. The van der Waals surface area contributed by atoms with Gasteiger partial charge in [0.15, 0.2) is 11.3 Å². The number of rotatable bonds is 5. The Balaban J connectivity index is 1.45. The number of hydrogen-bond acceptors (Lipinski definition) is 5. The standard InChI is InChI=1S/C23H20F2N6O/c24-22(25)17-6-2-1-5-16(17)18-7-8-20-27-14-19(31(20)29-18)23(32)28-15-9-10-26-21(13-15)30-11-3-4-12-30/h1-2,5-10,13-14,22H,3-4,11-12H2,(H,26,28,32). The van der Waals surface area contributed by atoms with Crippen LogP contribution in [-0.4, -0.2) is 38.6 Å². The number of carbonyl (C=O) groups excluding carboxylic acids is 1. The molecule has 0 unspecified atom stereocenters. The van der Waals surface area contributed by atoms with Crippen LogP contribution in [0.4, 0.5) is 20.3 Å². The maximum Gasteiger partial charge on any atom is 0.276 e. The van der Waals surface area contributed by atoms with E-state index in [0.717, 1.165) is 31.7 Å². The summed E-state index contributed by atoms with van der Waals surface area (Å²) < 4.78 is 28.3. The normalized spacial score (nSPS) is 13.8. The van der Waals surface area contributed by atoms with E-state index in [-0.39, 0.29) is 11.3 Å². The zero-order chi connectivity index (χ0) is 22.1. The van der Waals surface area contributed by atoms with E-state index in [1.54, 1.807) is 42.6 Å². The number of anilines is 2. The molecule has 1 aliphatic rings. The first-order valence-corrected chi connectivity index (χ1v) is 10.3. The lowest BCUT2D eigenvalue weighted by molar-refractivity contribution is 0.102. The Bertz CT molecular complexity index is 1280. The Morgan fingerprint density at radius 1 is 1.03 bits per heavy atom. The molecule has 4 aromatic rings. The lowest BCUT2D eigenvalue weighted by atomic mass is 10.0. The predicted molar refractivity (Wildman–Crippen MR) is 117 cm³/mol. The lowest BCUT2D eigenvalue weighted by Crippen LogP contribution is -2.20. The Labute approximate surface area is 182 Å². The van der Waals surface area contributed by atoms with Gasteiger partial charge in [0.2, 0.25) is 0 Å². The summed E-state index contributed by atoms with van der Waals surface area (Å²) in [6, 6.07) is 13.0. The predicted octanol–water partition coefficient (Wildman–Crippen LogP) is 4.58. The molecule has 1 aliphatic heterocycles. The topological polar surface area (TPSA) is 75.4 Å². The van der Waals surface area contributed by atoms with Gasteiger partial charge in [0.05, 0.1) is 11.9 Å². The minimum atomic E-state index is -2.63. The molecule has 5 rings (SSSR count). The highest BCUT2D eigenvalue weighted by Crippen LogP contribution is 2.30. The number of halogens is 2. The number of alkyl halides is 2. The van der Waals surface area contributed by atoms with Crippen LogP contribution in [0.25, 0.3) is 16.9 Å². The van der Waals surface area contributed by atoms with Gasteiger partial charge < -0.3 is 10.2 Å². The molecular weight excluding hydrogens is 414 g/mol. The van der Waals surface area contributed by atoms with E-state index in [1.807, 2.05) is 6.07 Å². The third-order valence-electron chi connectivity index (χ3n) is 5.50. The van der Waals surface area contributed by atoms with Gasteiger partial charge >= 0.3 is 0 Å². The van der Waals surface area contributed by atoms with Gasteiger partial charge in [-0.2, -0.15) is 5.10 Å². The number of pyridine rings is 1. The van der Waals surface area contributed by atoms with Gasteiger partial charge in [-0.15, -0.1) is 0 Å². The second-order valence-electron chi connectivity index (χ2n) is 7.57. The van der Waals surface area contributed by atoms with Crippen molar-refractivity contribution in [2.75, 3.05) is 23.3 Å². The SMILES string of the molecule is O=C(Nc1ccnc(N2CCCC2)c1)c1cnc2ccc(-c3ccccc3C(F)F)nn12. The summed E-state index contributed by atoms with van der Waals surface area (Å²) in [5.74, 6) is 0.422. The smallest absolute Gasteiger partial charge is 0.276 e. The Kier molecular flexibility index (Phi) is 5.22. The first kappa shape index (κ1) is 20.0. The summed E-state index contributed by atoms with van der Waals surface area (Å²) >= 11 is 0. The van der Waals surface area contributed by atoms with Crippen LogP contribution in [0.3, 0.4) is 0 Å². The molecule has 9 heteroatoms. The molecular formula is C23H20F2N6O. The maximum absolute atomic E-state index is 13.4. The van der Waals surface area contributed by atoms with E-state index in [9.17, 15) is 13.6 Å². The average molecular weight is 434 g/mol. The molecule has 0 aliphatic carbocycles. The molecule has 3 aromatic heterocycles. The third-order valence-corrected chi connectivity index (χ3v) is 5.50. The number of benzene rings is 1. The quantitative estimate of drug-likeness (QED) is 0.498. The molecule has 1 amide bonds. The van der Waals surface area contributed by atoms with Gasteiger partial charge in [-0.05, 0) is 31.0 Å². The van der Waals surface area contributed by atoms with Crippen molar-refractivity contribution >= 4 is 23.1 Å². The number of nitrogens with one attached hydrogen (secondary N) is 1. The molecule has 0 saturated carbocycles. The first-order valence-electron chi connectivity index (χ1n) is 10.3. The number of aromatic nitrogens is 4. The average Bonchev–Trinajstić information content (AvgIpc) is 3.49. The van der Waals surface area contributed by atoms with Crippen LogP contribution >= 0.6 is 0 Å². The number of nitrogens with zero attached hydrogens (tertiary/aromatic N) is 5. The van der Waals surface area contributed by atoms with E-state index in [1.165, 1.54) is 16.8 Å². The summed E-state index contributed by atoms with van der Waals surface area (Å²) in [6.45, 7) is 1.90. The Hall–Kier alpha value is -3.88. The highest BCUT2D eigenvalue weighted by Gasteiger charge is 2.19. The zero-order valence-electron chi connectivity index (χ0n) is 17.1. The van der Waals surface area contributed by atoms with Crippen LogP contribution in [0.2, 0.25) is 0 Å². The second kappa shape index (κ2) is 8.33. The van der Waals surface area contributed by atoms with Crippen molar-refractivity contribution in [3.63, 3.8) is 0 Å². The van der Waals surface area contributed by atoms with Crippen molar-refractivity contribution in [3.8, 4) is 11.3 Å². The highest BCUT2D eigenvalue weighted by atomic mass is 19.3. The summed E-state index contributed by atoms with van der Waals surface area (Å²) in [7, 11) is 0. The summed E-state index contributed by atoms with van der Waals surface area (Å²) in [5.41, 5.74) is 1.80. The molecule has 1 aromatic carbocycles. The van der Waals surface area contributed by atoms with Crippen LogP contribution in [0, 0.1) is 0 Å². The van der Waals surface area contributed by atoms with Crippen molar-refractivity contribution in [3.05, 3.63) is 72.2 Å². The fourth-order valence-corrected chi connectivity index (χ4v) is 3.90. The van der Waals surface area contributed by atoms with Crippen LogP contribution < -0.4 is 10.2 Å². The van der Waals surface area contributed by atoms with Crippen LogP contribution in [-0.2, 0) is 0 Å². The lowest BCUT2D eigenvalue weighted by Gasteiger charge is -2.17. The summed E-state index contributed by atoms with van der Waals surface area (Å²) in [5, 5.41) is 7.29. The number of amides is 1. The highest BCUT2D eigenvalue weighted by molar-refractivity contribution is 6.03. The summed E-state index contributed by atoms with van der Waals surface area (Å²) in [6.07, 6.45) is 2.70. The zero-order valence-corrected chi connectivity index (χ0v) is 17.1. The van der Waals surface area contributed by atoms with E-state index >= 15 is 0 Å². The first-order chi connectivity index (χ1) is 15.6. The van der Waals surface area contributed by atoms with Crippen LogP contribution in [0.15, 0.2) is 60.9 Å². The van der Waals surface area contributed by atoms with Crippen LogP contribution in [0.5, 0.6) is 0 Å². The molecule has 1 saturated heterocycles. The van der Waals surface area contributed by atoms with Gasteiger partial charge in [-0.3, -0.25) is 4.79 Å². The number of hydrogen-bond donors (Lipinski definition) is 1.